The van der Waals surface area contributed by atoms with Crippen LogP contribution in [0.3, 0.4) is 0 Å². The second-order valence-electron chi connectivity index (χ2n) is 14.3. The molecule has 11 rings (SSSR count). The molecule has 0 amide bonds. The van der Waals surface area contributed by atoms with Crippen molar-refractivity contribution in [2.75, 3.05) is 0 Å². The predicted molar refractivity (Wildman–Crippen MR) is 220 cm³/mol. The topological polar surface area (TPSA) is 111 Å². The van der Waals surface area contributed by atoms with Gasteiger partial charge in [0.2, 0.25) is 0 Å². The number of aromatic nitrogens is 7. The van der Waals surface area contributed by atoms with Gasteiger partial charge in [0.25, 0.3) is 0 Å². The van der Waals surface area contributed by atoms with Crippen molar-refractivity contribution in [3.63, 3.8) is 0 Å². The molecule has 0 fully saturated rings. The number of aromatic amines is 3. The Kier molecular flexibility index (Phi) is 7.45. The van der Waals surface area contributed by atoms with E-state index < -0.39 is 0 Å². The zero-order valence-electron chi connectivity index (χ0n) is 30.2. The quantitative estimate of drug-likeness (QED) is 0.180. The first kappa shape index (κ1) is 31.9. The molecule has 56 heavy (non-hydrogen) atoms. The summed E-state index contributed by atoms with van der Waals surface area (Å²) in [6.07, 6.45) is 10.00. The monoisotopic (exact) mass is 722 g/mol. The molecule has 8 nitrogen and oxygen atoms in total. The van der Waals surface area contributed by atoms with Crippen LogP contribution in [-0.2, 0) is 6.42 Å². The minimum absolute atomic E-state index is 0.678. The number of nitrogens with zero attached hydrogens (tertiary/aromatic N) is 4. The fraction of sp³-hybridized carbons (Fsp3) is 0.0417. The van der Waals surface area contributed by atoms with Gasteiger partial charge in [-0.25, -0.2) is 15.0 Å². The van der Waals surface area contributed by atoms with Crippen LogP contribution in [0, 0.1) is 0 Å². The van der Waals surface area contributed by atoms with Crippen molar-refractivity contribution in [3.05, 3.63) is 218 Å². The highest BCUT2D eigenvalue weighted by Crippen LogP contribution is 2.29. The maximum atomic E-state index is 4.98. The Labute approximate surface area is 321 Å². The molecular weight excluding hydrogens is 689 g/mol. The number of hydrogen-bond acceptors (Lipinski definition) is 5. The van der Waals surface area contributed by atoms with Crippen LogP contribution in [0.5, 0.6) is 0 Å². The van der Waals surface area contributed by atoms with E-state index in [0.717, 1.165) is 118 Å². The summed E-state index contributed by atoms with van der Waals surface area (Å²) < 4.78 is 0. The van der Waals surface area contributed by atoms with Gasteiger partial charge in [0, 0.05) is 73.9 Å². The van der Waals surface area contributed by atoms with Gasteiger partial charge in [-0.05, 0) is 114 Å². The first-order valence-corrected chi connectivity index (χ1v) is 18.8. The summed E-state index contributed by atoms with van der Waals surface area (Å²) in [7, 11) is 0. The van der Waals surface area contributed by atoms with Crippen LogP contribution in [0.25, 0.3) is 52.1 Å². The summed E-state index contributed by atoms with van der Waals surface area (Å²) in [5, 5.41) is 7.71. The normalized spacial score (nSPS) is 14.1. The SMILES string of the molecule is C1=C2CC=C(N2)C(c2ccc(C3=c4ccc([nH]4)=Cc4cccc(n4)-c4cccc(n4)Cc4ccc3[nH]4)cc2)=c2ccc([nH]2)=Cc2cccc(n2)-c2cccc1n2. The van der Waals surface area contributed by atoms with Crippen molar-refractivity contribution in [1.29, 1.82) is 0 Å². The van der Waals surface area contributed by atoms with Gasteiger partial charge in [0.15, 0.2) is 0 Å². The summed E-state index contributed by atoms with van der Waals surface area (Å²) in [6, 6.07) is 46.1. The van der Waals surface area contributed by atoms with Crippen molar-refractivity contribution in [2.45, 2.75) is 12.8 Å². The smallest absolute Gasteiger partial charge is 0.0893 e. The number of fused-ring (bicyclic) bond motifs is 18. The molecular formula is C48H34N8. The van der Waals surface area contributed by atoms with Crippen LogP contribution in [0.4, 0.5) is 0 Å². The van der Waals surface area contributed by atoms with Gasteiger partial charge in [-0.15, -0.1) is 0 Å². The molecule has 8 heteroatoms. The van der Waals surface area contributed by atoms with Crippen molar-refractivity contribution >= 4 is 29.4 Å². The Morgan fingerprint density at radius 3 is 1.64 bits per heavy atom. The third-order valence-electron chi connectivity index (χ3n) is 10.5. The first-order valence-electron chi connectivity index (χ1n) is 18.8. The first-order chi connectivity index (χ1) is 27.6. The largest absolute Gasteiger partial charge is 0.358 e. The van der Waals surface area contributed by atoms with E-state index in [4.69, 9.17) is 19.9 Å². The maximum Gasteiger partial charge on any atom is 0.0893 e. The maximum absolute atomic E-state index is 4.98. The van der Waals surface area contributed by atoms with Crippen LogP contribution in [0.2, 0.25) is 0 Å². The van der Waals surface area contributed by atoms with E-state index in [2.05, 4.69) is 117 Å². The summed E-state index contributed by atoms with van der Waals surface area (Å²) in [6.45, 7) is 0. The fourth-order valence-electron chi connectivity index (χ4n) is 7.87. The molecule has 266 valence electrons. The van der Waals surface area contributed by atoms with Crippen LogP contribution >= 0.6 is 0 Å². The lowest BCUT2D eigenvalue weighted by molar-refractivity contribution is 1.02. The summed E-state index contributed by atoms with van der Waals surface area (Å²) in [5.41, 5.74) is 15.6. The Hall–Kier alpha value is -7.58. The lowest BCUT2D eigenvalue weighted by atomic mass is 9.97. The van der Waals surface area contributed by atoms with Crippen molar-refractivity contribution < 1.29 is 0 Å². The number of hydrogen-bond donors (Lipinski definition) is 4. The Morgan fingerprint density at radius 2 is 1.00 bits per heavy atom. The molecule has 0 atom stereocenters. The molecule has 1 aromatic carbocycles. The average molecular weight is 723 g/mol. The van der Waals surface area contributed by atoms with Crippen LogP contribution in [0.1, 0.15) is 51.7 Å². The molecule has 10 heterocycles. The van der Waals surface area contributed by atoms with Gasteiger partial charge in [-0.1, -0.05) is 54.6 Å². The zero-order chi connectivity index (χ0) is 37.0. The van der Waals surface area contributed by atoms with Gasteiger partial charge in [0.05, 0.1) is 39.9 Å². The molecule has 0 unspecified atom stereocenters. The van der Waals surface area contributed by atoms with E-state index in [9.17, 15) is 0 Å². The zero-order valence-corrected chi connectivity index (χ0v) is 30.2. The Balaban J connectivity index is 1.05. The molecule has 3 aliphatic heterocycles. The second-order valence-corrected chi connectivity index (χ2v) is 14.3. The van der Waals surface area contributed by atoms with Gasteiger partial charge in [0.1, 0.15) is 0 Å². The van der Waals surface area contributed by atoms with E-state index >= 15 is 0 Å². The highest BCUT2D eigenvalue weighted by molar-refractivity contribution is 5.82. The molecule has 0 saturated heterocycles. The molecule has 7 aromatic heterocycles. The molecule has 0 saturated carbocycles. The van der Waals surface area contributed by atoms with E-state index in [0.29, 0.717) is 6.42 Å². The minimum Gasteiger partial charge on any atom is -0.358 e. The van der Waals surface area contributed by atoms with Crippen LogP contribution < -0.4 is 26.7 Å². The van der Waals surface area contributed by atoms with E-state index in [-0.39, 0.29) is 0 Å². The van der Waals surface area contributed by atoms with Gasteiger partial charge >= 0.3 is 0 Å². The van der Waals surface area contributed by atoms with Gasteiger partial charge in [-0.2, -0.15) is 0 Å². The highest BCUT2D eigenvalue weighted by atomic mass is 14.9. The summed E-state index contributed by atoms with van der Waals surface area (Å²) in [5.74, 6) is 0. The van der Waals surface area contributed by atoms with E-state index in [1.54, 1.807) is 0 Å². The molecule has 0 spiro atoms. The number of pyridine rings is 4. The lowest BCUT2D eigenvalue weighted by Crippen LogP contribution is -2.19. The highest BCUT2D eigenvalue weighted by Gasteiger charge is 2.19. The predicted octanol–water partition coefficient (Wildman–Crippen LogP) is 5.82. The third kappa shape index (κ3) is 5.99. The standard InChI is InChI=1S/C48H34N8/c1-5-31-25-35-17-21-43(53-35)47(44-22-18-36(54-44)26-32-6-2-10-40(50-32)39(9-1)49-31)29-13-15-30(16-14-29)48-45-23-19-37(55-45)27-33-7-3-11-41(51-33)42-12-4-8-34(52-42)28-38-20-24-46(48)56-38/h1-19,21-25,27-28,53-56H,20,26H2. The van der Waals surface area contributed by atoms with E-state index in [1.165, 1.54) is 0 Å². The van der Waals surface area contributed by atoms with Crippen LogP contribution in [0.15, 0.2) is 151 Å². The fourth-order valence-corrected chi connectivity index (χ4v) is 7.87. The number of nitrogens with one attached hydrogen (secondary N) is 4. The average Bonchev–Trinajstić information content (AvgIpc) is 4.06. The second kappa shape index (κ2) is 13.1. The molecule has 3 aliphatic rings. The Morgan fingerprint density at radius 1 is 0.446 bits per heavy atom. The lowest BCUT2D eigenvalue weighted by Gasteiger charge is -2.13. The number of H-pyrrole nitrogens is 3. The molecule has 4 N–H and O–H groups in total. The Bertz CT molecular complexity index is 3170. The van der Waals surface area contributed by atoms with Crippen molar-refractivity contribution in [3.8, 4) is 22.8 Å². The molecule has 16 bridgehead atoms. The molecule has 0 radical (unpaired) electrons. The number of rotatable bonds is 2. The third-order valence-corrected chi connectivity index (χ3v) is 10.5. The number of allylic oxidation sites excluding steroid dienone is 2. The van der Waals surface area contributed by atoms with Gasteiger partial charge < -0.3 is 20.3 Å². The van der Waals surface area contributed by atoms with Gasteiger partial charge in [-0.3, -0.25) is 4.98 Å². The molecule has 0 aliphatic carbocycles. The summed E-state index contributed by atoms with van der Waals surface area (Å²) in [4.78, 5) is 30.9. The van der Waals surface area contributed by atoms with Crippen LogP contribution in [-0.4, -0.2) is 34.9 Å². The van der Waals surface area contributed by atoms with Crippen molar-refractivity contribution in [2.24, 2.45) is 0 Å². The minimum atomic E-state index is 0.678. The summed E-state index contributed by atoms with van der Waals surface area (Å²) >= 11 is 0. The number of benzene rings is 1. The molecule has 8 aromatic rings. The van der Waals surface area contributed by atoms with E-state index in [1.807, 2.05) is 60.7 Å². The van der Waals surface area contributed by atoms with Crippen molar-refractivity contribution in [1.82, 2.24) is 40.2 Å².